The summed E-state index contributed by atoms with van der Waals surface area (Å²) in [6, 6.07) is 6.37. The van der Waals surface area contributed by atoms with Gasteiger partial charge in [-0.3, -0.25) is 4.79 Å². The van der Waals surface area contributed by atoms with Crippen LogP contribution in [0.5, 0.6) is 5.75 Å². The fourth-order valence-corrected chi connectivity index (χ4v) is 2.57. The molecule has 2 rings (SSSR count). The molecule has 0 radical (unpaired) electrons. The van der Waals surface area contributed by atoms with Crippen molar-refractivity contribution in [3.63, 3.8) is 0 Å². The van der Waals surface area contributed by atoms with E-state index in [4.69, 9.17) is 4.74 Å². The SMILES string of the molecule is O=C(COc1ccccc1F)NC1CCCCCCC1. The second-order valence-electron chi connectivity index (χ2n) is 5.33. The summed E-state index contributed by atoms with van der Waals surface area (Å²) in [5, 5.41) is 2.99. The topological polar surface area (TPSA) is 38.3 Å². The minimum absolute atomic E-state index is 0.125. The number of nitrogens with one attached hydrogen (secondary N) is 1. The summed E-state index contributed by atoms with van der Waals surface area (Å²) < 4.78 is 18.5. The lowest BCUT2D eigenvalue weighted by Crippen LogP contribution is -2.38. The van der Waals surface area contributed by atoms with E-state index in [0.717, 1.165) is 12.8 Å². The Kier molecular flexibility index (Phi) is 5.84. The van der Waals surface area contributed by atoms with E-state index < -0.39 is 5.82 Å². The number of ether oxygens (including phenoxy) is 1. The first-order valence-electron chi connectivity index (χ1n) is 7.42. The molecule has 0 spiro atoms. The molecule has 1 aliphatic rings. The van der Waals surface area contributed by atoms with Gasteiger partial charge >= 0.3 is 0 Å². The third-order valence-corrected chi connectivity index (χ3v) is 3.67. The average Bonchev–Trinajstić information content (AvgIpc) is 2.41. The Hall–Kier alpha value is -1.58. The van der Waals surface area contributed by atoms with Gasteiger partial charge in [0.15, 0.2) is 18.2 Å². The Balaban J connectivity index is 1.75. The van der Waals surface area contributed by atoms with E-state index in [1.54, 1.807) is 12.1 Å². The van der Waals surface area contributed by atoms with Crippen LogP contribution in [0.25, 0.3) is 0 Å². The van der Waals surface area contributed by atoms with Gasteiger partial charge < -0.3 is 10.1 Å². The second kappa shape index (κ2) is 7.88. The highest BCUT2D eigenvalue weighted by atomic mass is 19.1. The largest absolute Gasteiger partial charge is 0.481 e. The second-order valence-corrected chi connectivity index (χ2v) is 5.33. The average molecular weight is 279 g/mol. The fourth-order valence-electron chi connectivity index (χ4n) is 2.57. The van der Waals surface area contributed by atoms with E-state index in [-0.39, 0.29) is 24.3 Å². The van der Waals surface area contributed by atoms with Crippen molar-refractivity contribution < 1.29 is 13.9 Å². The zero-order valence-electron chi connectivity index (χ0n) is 11.7. The molecule has 1 amide bonds. The summed E-state index contributed by atoms with van der Waals surface area (Å²) in [5.41, 5.74) is 0. The van der Waals surface area contributed by atoms with Crippen LogP contribution in [0.2, 0.25) is 0 Å². The molecular formula is C16H22FNO2. The molecule has 0 bridgehead atoms. The lowest BCUT2D eigenvalue weighted by atomic mass is 9.97. The maximum absolute atomic E-state index is 13.3. The third-order valence-electron chi connectivity index (χ3n) is 3.67. The van der Waals surface area contributed by atoms with Crippen LogP contribution >= 0.6 is 0 Å². The molecule has 0 aliphatic heterocycles. The fraction of sp³-hybridized carbons (Fsp3) is 0.562. The normalized spacial score (nSPS) is 17.1. The monoisotopic (exact) mass is 279 g/mol. The lowest BCUT2D eigenvalue weighted by Gasteiger charge is -2.21. The van der Waals surface area contributed by atoms with Crippen LogP contribution in [-0.4, -0.2) is 18.6 Å². The summed E-state index contributed by atoms with van der Waals surface area (Å²) in [6.45, 7) is -0.128. The maximum atomic E-state index is 13.3. The van der Waals surface area contributed by atoms with Crippen molar-refractivity contribution in [1.82, 2.24) is 5.32 Å². The smallest absolute Gasteiger partial charge is 0.258 e. The minimum atomic E-state index is -0.439. The number of rotatable bonds is 4. The zero-order chi connectivity index (χ0) is 14.2. The molecule has 1 aromatic carbocycles. The van der Waals surface area contributed by atoms with Crippen molar-refractivity contribution in [2.24, 2.45) is 0 Å². The summed E-state index contributed by atoms with van der Waals surface area (Å²) in [5.74, 6) is -0.481. The van der Waals surface area contributed by atoms with Crippen LogP contribution < -0.4 is 10.1 Å². The summed E-state index contributed by atoms with van der Waals surface area (Å²) in [4.78, 5) is 11.8. The van der Waals surface area contributed by atoms with Crippen molar-refractivity contribution in [3.8, 4) is 5.75 Å². The van der Waals surface area contributed by atoms with Crippen LogP contribution in [0, 0.1) is 5.82 Å². The first kappa shape index (κ1) is 14.8. The van der Waals surface area contributed by atoms with Crippen LogP contribution in [-0.2, 0) is 4.79 Å². The van der Waals surface area contributed by atoms with Crippen molar-refractivity contribution in [2.45, 2.75) is 51.0 Å². The van der Waals surface area contributed by atoms with E-state index in [1.807, 2.05) is 0 Å². The molecule has 1 aliphatic carbocycles. The summed E-state index contributed by atoms with van der Waals surface area (Å²) >= 11 is 0. The van der Waals surface area contributed by atoms with Crippen molar-refractivity contribution in [3.05, 3.63) is 30.1 Å². The molecule has 1 saturated carbocycles. The van der Waals surface area contributed by atoms with Crippen LogP contribution in [0.3, 0.4) is 0 Å². The van der Waals surface area contributed by atoms with Crippen LogP contribution in [0.1, 0.15) is 44.9 Å². The van der Waals surface area contributed by atoms with Crippen molar-refractivity contribution >= 4 is 5.91 Å². The molecule has 1 N–H and O–H groups in total. The predicted octanol–water partition coefficient (Wildman–Crippen LogP) is 3.43. The minimum Gasteiger partial charge on any atom is -0.481 e. The standard InChI is InChI=1S/C16H22FNO2/c17-14-10-6-7-11-15(14)20-12-16(19)18-13-8-4-2-1-3-5-9-13/h6-7,10-11,13H,1-5,8-9,12H2,(H,18,19). The highest BCUT2D eigenvalue weighted by molar-refractivity contribution is 5.77. The molecular weight excluding hydrogens is 257 g/mol. The van der Waals surface area contributed by atoms with Gasteiger partial charge in [-0.15, -0.1) is 0 Å². The number of carbonyl (C=O) groups is 1. The Morgan fingerprint density at radius 1 is 1.15 bits per heavy atom. The quantitative estimate of drug-likeness (QED) is 0.917. The summed E-state index contributed by atoms with van der Waals surface area (Å²) in [6.07, 6.45) is 8.20. The molecule has 0 atom stereocenters. The van der Waals surface area contributed by atoms with Crippen molar-refractivity contribution in [1.29, 1.82) is 0 Å². The third kappa shape index (κ3) is 4.83. The number of hydrogen-bond donors (Lipinski definition) is 1. The molecule has 1 aromatic rings. The molecule has 0 saturated heterocycles. The Morgan fingerprint density at radius 3 is 2.50 bits per heavy atom. The van der Waals surface area contributed by atoms with Gasteiger partial charge in [0.25, 0.3) is 5.91 Å². The highest BCUT2D eigenvalue weighted by Gasteiger charge is 2.14. The first-order chi connectivity index (χ1) is 9.75. The molecule has 0 aromatic heterocycles. The predicted molar refractivity (Wildman–Crippen MR) is 76.1 cm³/mol. The number of amides is 1. The molecule has 4 heteroatoms. The van der Waals surface area contributed by atoms with Crippen LogP contribution in [0.4, 0.5) is 4.39 Å². The van der Waals surface area contributed by atoms with E-state index in [1.165, 1.54) is 44.2 Å². The van der Waals surface area contributed by atoms with E-state index >= 15 is 0 Å². The Bertz CT molecular complexity index is 428. The molecule has 0 heterocycles. The summed E-state index contributed by atoms with van der Waals surface area (Å²) in [7, 11) is 0. The Morgan fingerprint density at radius 2 is 1.80 bits per heavy atom. The van der Waals surface area contributed by atoms with Gasteiger partial charge in [0, 0.05) is 6.04 Å². The van der Waals surface area contributed by atoms with E-state index in [2.05, 4.69) is 5.32 Å². The van der Waals surface area contributed by atoms with Gasteiger partial charge in [-0.25, -0.2) is 4.39 Å². The molecule has 110 valence electrons. The number of benzene rings is 1. The molecule has 0 unspecified atom stereocenters. The first-order valence-corrected chi connectivity index (χ1v) is 7.42. The van der Waals surface area contributed by atoms with Gasteiger partial charge in [-0.05, 0) is 25.0 Å². The lowest BCUT2D eigenvalue weighted by molar-refractivity contribution is -0.124. The van der Waals surface area contributed by atoms with Gasteiger partial charge in [0.05, 0.1) is 0 Å². The highest BCUT2D eigenvalue weighted by Crippen LogP contribution is 2.17. The number of hydrogen-bond acceptors (Lipinski definition) is 2. The number of carbonyl (C=O) groups excluding carboxylic acids is 1. The van der Waals surface area contributed by atoms with Gasteiger partial charge in [-0.1, -0.05) is 44.2 Å². The van der Waals surface area contributed by atoms with Gasteiger partial charge in [-0.2, -0.15) is 0 Å². The van der Waals surface area contributed by atoms with E-state index in [0.29, 0.717) is 0 Å². The maximum Gasteiger partial charge on any atom is 0.258 e. The van der Waals surface area contributed by atoms with Gasteiger partial charge in [0.2, 0.25) is 0 Å². The number of halogens is 1. The number of para-hydroxylation sites is 1. The van der Waals surface area contributed by atoms with Crippen LogP contribution in [0.15, 0.2) is 24.3 Å². The Labute approximate surface area is 119 Å². The zero-order valence-corrected chi connectivity index (χ0v) is 11.7. The molecule has 1 fully saturated rings. The molecule has 3 nitrogen and oxygen atoms in total. The van der Waals surface area contributed by atoms with E-state index in [9.17, 15) is 9.18 Å². The van der Waals surface area contributed by atoms with Gasteiger partial charge in [0.1, 0.15) is 0 Å². The molecule has 20 heavy (non-hydrogen) atoms. The van der Waals surface area contributed by atoms with Crippen molar-refractivity contribution in [2.75, 3.05) is 6.61 Å².